The highest BCUT2D eigenvalue weighted by Gasteiger charge is 2.24. The molecule has 3 aromatic heterocycles. The standard InChI is InChI=1S/C31H31N7O3S/c1-19-10-11-22-23(7-3-9-25(22)34-16-27-20(2)42-18-35-27)28(19)41-29-24(8-4-13-32-29)26-12-14-33-30(37-26)36-21-6-5-15-38(17-21)31(39)40/h3-4,7-14,18,21,34H,5-6,15-17H2,1-2H3,(H,39,40)(H,33,36,37)/t21-/m0/s1. The molecule has 0 aliphatic carbocycles. The number of hydrogen-bond donors (Lipinski definition) is 3. The molecule has 1 amide bonds. The van der Waals surface area contributed by atoms with Crippen molar-refractivity contribution in [1.82, 2.24) is 24.8 Å². The number of hydrogen-bond acceptors (Lipinski definition) is 9. The van der Waals surface area contributed by atoms with Gasteiger partial charge in [-0.15, -0.1) is 11.3 Å². The Labute approximate surface area is 247 Å². The first-order valence-electron chi connectivity index (χ1n) is 13.8. The summed E-state index contributed by atoms with van der Waals surface area (Å²) in [5, 5.41) is 18.2. The van der Waals surface area contributed by atoms with Crippen molar-refractivity contribution in [2.75, 3.05) is 23.7 Å². The lowest BCUT2D eigenvalue weighted by atomic mass is 10.0. The average Bonchev–Trinajstić information content (AvgIpc) is 3.42. The summed E-state index contributed by atoms with van der Waals surface area (Å²) in [5.41, 5.74) is 6.27. The number of pyridine rings is 1. The van der Waals surface area contributed by atoms with Crippen molar-refractivity contribution in [2.45, 2.75) is 39.3 Å². The second kappa shape index (κ2) is 12.0. The molecule has 1 aliphatic rings. The van der Waals surface area contributed by atoms with E-state index in [1.54, 1.807) is 23.7 Å². The maximum atomic E-state index is 11.4. The maximum Gasteiger partial charge on any atom is 0.407 e. The van der Waals surface area contributed by atoms with Gasteiger partial charge in [0.25, 0.3) is 0 Å². The molecule has 3 N–H and O–H groups in total. The fraction of sp³-hybridized carbons (Fsp3) is 0.258. The lowest BCUT2D eigenvalue weighted by Crippen LogP contribution is -2.44. The number of aryl methyl sites for hydroxylation is 2. The molecule has 11 heteroatoms. The Bertz CT molecular complexity index is 1740. The van der Waals surface area contributed by atoms with E-state index in [4.69, 9.17) is 9.72 Å². The van der Waals surface area contributed by atoms with Crippen molar-refractivity contribution in [1.29, 1.82) is 0 Å². The fourth-order valence-electron chi connectivity index (χ4n) is 5.20. The van der Waals surface area contributed by atoms with Crippen LogP contribution in [0.1, 0.15) is 29.0 Å². The predicted molar refractivity (Wildman–Crippen MR) is 164 cm³/mol. The minimum Gasteiger partial charge on any atom is -0.465 e. The number of nitrogens with zero attached hydrogens (tertiary/aromatic N) is 5. The summed E-state index contributed by atoms with van der Waals surface area (Å²) in [4.78, 5) is 32.2. The van der Waals surface area contributed by atoms with Crippen LogP contribution in [0.3, 0.4) is 0 Å². The van der Waals surface area contributed by atoms with Gasteiger partial charge in [-0.2, -0.15) is 0 Å². The number of aromatic nitrogens is 4. The largest absolute Gasteiger partial charge is 0.465 e. The van der Waals surface area contributed by atoms with E-state index in [1.807, 2.05) is 36.7 Å². The number of rotatable bonds is 8. The van der Waals surface area contributed by atoms with Gasteiger partial charge in [0.2, 0.25) is 11.8 Å². The molecule has 1 fully saturated rings. The van der Waals surface area contributed by atoms with Gasteiger partial charge >= 0.3 is 6.09 Å². The number of thiazole rings is 1. The number of nitrogens with one attached hydrogen (secondary N) is 2. The van der Waals surface area contributed by atoms with Gasteiger partial charge in [0.15, 0.2) is 0 Å². The predicted octanol–water partition coefficient (Wildman–Crippen LogP) is 6.72. The number of carboxylic acid groups (broad SMARTS) is 1. The molecule has 4 heterocycles. The monoisotopic (exact) mass is 581 g/mol. The summed E-state index contributed by atoms with van der Waals surface area (Å²) in [6, 6.07) is 15.8. The van der Waals surface area contributed by atoms with Crippen molar-refractivity contribution >= 4 is 39.8 Å². The van der Waals surface area contributed by atoms with Gasteiger partial charge in [-0.3, -0.25) is 0 Å². The van der Waals surface area contributed by atoms with E-state index in [-0.39, 0.29) is 6.04 Å². The van der Waals surface area contributed by atoms with E-state index in [0.29, 0.717) is 37.2 Å². The Kier molecular flexibility index (Phi) is 7.83. The van der Waals surface area contributed by atoms with E-state index < -0.39 is 6.09 Å². The van der Waals surface area contributed by atoms with Gasteiger partial charge in [0.05, 0.1) is 29.0 Å². The third-order valence-electron chi connectivity index (χ3n) is 7.43. The van der Waals surface area contributed by atoms with Crippen molar-refractivity contribution in [3.05, 3.63) is 82.6 Å². The van der Waals surface area contributed by atoms with Crippen LogP contribution >= 0.6 is 11.3 Å². The minimum absolute atomic E-state index is 0.0599. The summed E-state index contributed by atoms with van der Waals surface area (Å²) >= 11 is 1.64. The second-order valence-corrected chi connectivity index (χ2v) is 11.3. The summed E-state index contributed by atoms with van der Waals surface area (Å²) in [6.45, 7) is 5.68. The number of carbonyl (C=O) groups is 1. The van der Waals surface area contributed by atoms with Crippen molar-refractivity contribution in [3.63, 3.8) is 0 Å². The van der Waals surface area contributed by atoms with Crippen LogP contribution in [-0.4, -0.2) is 55.2 Å². The zero-order chi connectivity index (χ0) is 29.1. The molecule has 0 saturated carbocycles. The lowest BCUT2D eigenvalue weighted by Gasteiger charge is -2.31. The first-order valence-corrected chi connectivity index (χ1v) is 14.7. The Morgan fingerprint density at radius 2 is 1.98 bits per heavy atom. The zero-order valence-corrected chi connectivity index (χ0v) is 24.2. The van der Waals surface area contributed by atoms with Crippen LogP contribution in [0.5, 0.6) is 11.6 Å². The van der Waals surface area contributed by atoms with Crippen molar-refractivity contribution in [3.8, 4) is 22.9 Å². The summed E-state index contributed by atoms with van der Waals surface area (Å²) in [7, 11) is 0. The topological polar surface area (TPSA) is 125 Å². The van der Waals surface area contributed by atoms with E-state index in [1.165, 1.54) is 9.78 Å². The lowest BCUT2D eigenvalue weighted by molar-refractivity contribution is 0.132. The van der Waals surface area contributed by atoms with Crippen LogP contribution in [0.4, 0.5) is 16.4 Å². The number of anilines is 2. The smallest absolute Gasteiger partial charge is 0.407 e. The molecule has 6 rings (SSSR count). The first-order chi connectivity index (χ1) is 20.5. The summed E-state index contributed by atoms with van der Waals surface area (Å²) in [6.07, 6.45) is 4.11. The van der Waals surface area contributed by atoms with Crippen LogP contribution in [-0.2, 0) is 6.54 Å². The molecule has 1 aliphatic heterocycles. The Morgan fingerprint density at radius 3 is 2.81 bits per heavy atom. The van der Waals surface area contributed by atoms with Crippen LogP contribution in [0.2, 0.25) is 0 Å². The Hall–Kier alpha value is -4.77. The Balaban J connectivity index is 1.27. The normalized spacial score (nSPS) is 15.0. The van der Waals surface area contributed by atoms with Gasteiger partial charge in [-0.05, 0) is 56.5 Å². The molecular weight excluding hydrogens is 550 g/mol. The third-order valence-corrected chi connectivity index (χ3v) is 8.23. The molecule has 0 unspecified atom stereocenters. The highest BCUT2D eigenvalue weighted by molar-refractivity contribution is 7.09. The number of likely N-dealkylation sites (tertiary alicyclic amines) is 1. The van der Waals surface area contributed by atoms with Crippen LogP contribution in [0.25, 0.3) is 22.0 Å². The Morgan fingerprint density at radius 1 is 1.07 bits per heavy atom. The second-order valence-electron chi connectivity index (χ2n) is 10.3. The number of ether oxygens (including phenoxy) is 1. The van der Waals surface area contributed by atoms with Gasteiger partial charge in [-0.1, -0.05) is 24.3 Å². The molecule has 2 aromatic carbocycles. The zero-order valence-electron chi connectivity index (χ0n) is 23.4. The minimum atomic E-state index is -0.908. The molecule has 42 heavy (non-hydrogen) atoms. The number of benzene rings is 2. The third kappa shape index (κ3) is 5.82. The molecule has 1 atom stereocenters. The molecule has 0 bridgehead atoms. The molecule has 1 saturated heterocycles. The summed E-state index contributed by atoms with van der Waals surface area (Å²) < 4.78 is 6.56. The average molecular weight is 582 g/mol. The van der Waals surface area contributed by atoms with E-state index in [9.17, 15) is 9.90 Å². The first kappa shape index (κ1) is 27.4. The van der Waals surface area contributed by atoms with Gasteiger partial charge in [0, 0.05) is 52.9 Å². The van der Waals surface area contributed by atoms with Gasteiger partial charge in [0.1, 0.15) is 5.75 Å². The maximum absolute atomic E-state index is 11.4. The fourth-order valence-corrected chi connectivity index (χ4v) is 5.80. The van der Waals surface area contributed by atoms with Crippen molar-refractivity contribution < 1.29 is 14.6 Å². The molecule has 0 radical (unpaired) electrons. The number of amides is 1. The van der Waals surface area contributed by atoms with Crippen LogP contribution < -0.4 is 15.4 Å². The molecule has 10 nitrogen and oxygen atoms in total. The van der Waals surface area contributed by atoms with Crippen LogP contribution in [0.15, 0.2) is 66.4 Å². The van der Waals surface area contributed by atoms with Gasteiger partial charge in [-0.25, -0.2) is 24.7 Å². The molecule has 5 aromatic rings. The van der Waals surface area contributed by atoms with Crippen LogP contribution in [0, 0.1) is 13.8 Å². The summed E-state index contributed by atoms with van der Waals surface area (Å²) in [5.74, 6) is 1.60. The quantitative estimate of drug-likeness (QED) is 0.183. The molecule has 214 valence electrons. The number of piperidine rings is 1. The SMILES string of the molecule is Cc1ccc2c(NCc3ncsc3C)cccc2c1Oc1ncccc1-c1ccnc(N[C@H]2CCCN(C(=O)O)C2)n1. The van der Waals surface area contributed by atoms with E-state index in [0.717, 1.165) is 51.9 Å². The number of fused-ring (bicyclic) bond motifs is 1. The van der Waals surface area contributed by atoms with E-state index >= 15 is 0 Å². The van der Waals surface area contributed by atoms with E-state index in [2.05, 4.69) is 56.8 Å². The molecular formula is C31H31N7O3S. The van der Waals surface area contributed by atoms with Crippen molar-refractivity contribution in [2.24, 2.45) is 0 Å². The van der Waals surface area contributed by atoms with Gasteiger partial charge < -0.3 is 25.4 Å². The highest BCUT2D eigenvalue weighted by atomic mass is 32.1. The molecule has 0 spiro atoms. The highest BCUT2D eigenvalue weighted by Crippen LogP contribution is 2.38.